The minimum Gasteiger partial charge on any atom is -0.496 e. The van der Waals surface area contributed by atoms with Crippen LogP contribution in [0.4, 0.5) is 0 Å². The quantitative estimate of drug-likeness (QED) is 0.888. The lowest BCUT2D eigenvalue weighted by Crippen LogP contribution is -2.12. The van der Waals surface area contributed by atoms with Crippen LogP contribution in [0.2, 0.25) is 0 Å². The SMILES string of the molecule is COc1ccc(C(N)=O)cc1COc1ccccc1C(C)C. The zero-order valence-corrected chi connectivity index (χ0v) is 13.1. The maximum Gasteiger partial charge on any atom is 0.248 e. The Labute approximate surface area is 130 Å². The van der Waals surface area contributed by atoms with Crippen LogP contribution >= 0.6 is 0 Å². The first-order valence-corrected chi connectivity index (χ1v) is 7.21. The van der Waals surface area contributed by atoms with Crippen molar-refractivity contribution in [2.24, 2.45) is 5.73 Å². The second-order valence-corrected chi connectivity index (χ2v) is 5.37. The average Bonchev–Trinajstić information content (AvgIpc) is 2.52. The van der Waals surface area contributed by atoms with E-state index >= 15 is 0 Å². The summed E-state index contributed by atoms with van der Waals surface area (Å²) in [5.74, 6) is 1.41. The molecule has 2 rings (SSSR count). The number of hydrogen-bond acceptors (Lipinski definition) is 3. The third-order valence-corrected chi connectivity index (χ3v) is 3.49. The summed E-state index contributed by atoms with van der Waals surface area (Å²) >= 11 is 0. The molecule has 0 saturated heterocycles. The fraction of sp³-hybridized carbons (Fsp3) is 0.278. The molecule has 0 heterocycles. The van der Waals surface area contributed by atoms with Crippen LogP contribution in [0.25, 0.3) is 0 Å². The number of carbonyl (C=O) groups excluding carboxylic acids is 1. The minimum absolute atomic E-state index is 0.314. The molecule has 0 unspecified atom stereocenters. The molecule has 0 atom stereocenters. The van der Waals surface area contributed by atoms with Crippen molar-refractivity contribution < 1.29 is 14.3 Å². The molecule has 0 aliphatic carbocycles. The molecule has 0 aliphatic heterocycles. The lowest BCUT2D eigenvalue weighted by molar-refractivity contribution is 0.1000. The highest BCUT2D eigenvalue weighted by Crippen LogP contribution is 2.28. The molecule has 2 aromatic rings. The first-order valence-electron chi connectivity index (χ1n) is 7.21. The second kappa shape index (κ2) is 6.98. The van der Waals surface area contributed by atoms with Gasteiger partial charge in [-0.1, -0.05) is 32.0 Å². The largest absolute Gasteiger partial charge is 0.496 e. The van der Waals surface area contributed by atoms with Crippen molar-refractivity contribution in [1.82, 2.24) is 0 Å². The molecule has 4 heteroatoms. The van der Waals surface area contributed by atoms with E-state index in [-0.39, 0.29) is 0 Å². The van der Waals surface area contributed by atoms with E-state index in [4.69, 9.17) is 15.2 Å². The first kappa shape index (κ1) is 15.9. The summed E-state index contributed by atoms with van der Waals surface area (Å²) in [6.07, 6.45) is 0. The van der Waals surface area contributed by atoms with Crippen molar-refractivity contribution in [2.75, 3.05) is 7.11 Å². The summed E-state index contributed by atoms with van der Waals surface area (Å²) in [5.41, 5.74) is 7.70. The summed E-state index contributed by atoms with van der Waals surface area (Å²) in [6, 6.07) is 13.0. The van der Waals surface area contributed by atoms with Gasteiger partial charge in [-0.05, 0) is 35.7 Å². The topological polar surface area (TPSA) is 61.5 Å². The molecule has 1 amide bonds. The summed E-state index contributed by atoms with van der Waals surface area (Å²) in [7, 11) is 1.59. The molecule has 0 saturated carbocycles. The fourth-order valence-corrected chi connectivity index (χ4v) is 2.29. The zero-order chi connectivity index (χ0) is 16.1. The molecule has 0 aliphatic rings. The normalized spacial score (nSPS) is 10.5. The molecule has 0 aromatic heterocycles. The molecule has 2 N–H and O–H groups in total. The van der Waals surface area contributed by atoms with Crippen LogP contribution in [0.5, 0.6) is 11.5 Å². The monoisotopic (exact) mass is 299 g/mol. The van der Waals surface area contributed by atoms with Crippen LogP contribution < -0.4 is 15.2 Å². The van der Waals surface area contributed by atoms with Gasteiger partial charge in [0.05, 0.1) is 7.11 Å². The van der Waals surface area contributed by atoms with Gasteiger partial charge in [-0.25, -0.2) is 0 Å². The van der Waals surface area contributed by atoms with Crippen LogP contribution in [0.3, 0.4) is 0 Å². The van der Waals surface area contributed by atoms with E-state index in [1.165, 1.54) is 0 Å². The van der Waals surface area contributed by atoms with Crippen molar-refractivity contribution >= 4 is 5.91 Å². The Morgan fingerprint density at radius 1 is 1.14 bits per heavy atom. The van der Waals surface area contributed by atoms with Gasteiger partial charge in [-0.3, -0.25) is 4.79 Å². The van der Waals surface area contributed by atoms with E-state index in [2.05, 4.69) is 19.9 Å². The molecule has 2 aromatic carbocycles. The Bertz CT molecular complexity index is 665. The summed E-state index contributed by atoms with van der Waals surface area (Å²) in [6.45, 7) is 4.56. The number of ether oxygens (including phenoxy) is 2. The van der Waals surface area contributed by atoms with E-state index in [0.29, 0.717) is 23.8 Å². The maximum absolute atomic E-state index is 11.3. The van der Waals surface area contributed by atoms with Crippen molar-refractivity contribution in [2.45, 2.75) is 26.4 Å². The van der Waals surface area contributed by atoms with E-state index in [0.717, 1.165) is 16.9 Å². The van der Waals surface area contributed by atoms with Crippen LogP contribution in [0, 0.1) is 0 Å². The molecule has 0 bridgehead atoms. The van der Waals surface area contributed by atoms with Crippen molar-refractivity contribution in [3.8, 4) is 11.5 Å². The Hall–Kier alpha value is -2.49. The number of benzene rings is 2. The minimum atomic E-state index is -0.466. The number of hydrogen-bond donors (Lipinski definition) is 1. The molecule has 4 nitrogen and oxygen atoms in total. The molecule has 0 fully saturated rings. The van der Waals surface area contributed by atoms with Gasteiger partial charge in [-0.2, -0.15) is 0 Å². The number of carbonyl (C=O) groups is 1. The van der Waals surface area contributed by atoms with Crippen molar-refractivity contribution in [1.29, 1.82) is 0 Å². The molecule has 0 spiro atoms. The third-order valence-electron chi connectivity index (χ3n) is 3.49. The van der Waals surface area contributed by atoms with Gasteiger partial charge >= 0.3 is 0 Å². The van der Waals surface area contributed by atoms with Crippen LogP contribution in [-0.2, 0) is 6.61 Å². The third kappa shape index (κ3) is 3.58. The number of rotatable bonds is 6. The van der Waals surface area contributed by atoms with Gasteiger partial charge < -0.3 is 15.2 Å². The van der Waals surface area contributed by atoms with Gasteiger partial charge in [0.1, 0.15) is 18.1 Å². The molecule has 116 valence electrons. The number of para-hydroxylation sites is 1. The van der Waals surface area contributed by atoms with E-state index in [1.54, 1.807) is 25.3 Å². The number of primary amides is 1. The lowest BCUT2D eigenvalue weighted by atomic mass is 10.0. The maximum atomic E-state index is 11.3. The fourth-order valence-electron chi connectivity index (χ4n) is 2.29. The summed E-state index contributed by atoms with van der Waals surface area (Å²) in [4.78, 5) is 11.3. The number of nitrogens with two attached hydrogens (primary N) is 1. The smallest absolute Gasteiger partial charge is 0.248 e. The Balaban J connectivity index is 2.24. The Morgan fingerprint density at radius 2 is 1.86 bits per heavy atom. The van der Waals surface area contributed by atoms with Gasteiger partial charge in [-0.15, -0.1) is 0 Å². The van der Waals surface area contributed by atoms with Crippen molar-refractivity contribution in [3.05, 3.63) is 59.2 Å². The van der Waals surface area contributed by atoms with E-state index in [1.807, 2.05) is 18.2 Å². The zero-order valence-electron chi connectivity index (χ0n) is 13.1. The average molecular weight is 299 g/mol. The number of methoxy groups -OCH3 is 1. The van der Waals surface area contributed by atoms with Crippen LogP contribution in [0.15, 0.2) is 42.5 Å². The molecular weight excluding hydrogens is 278 g/mol. The summed E-state index contributed by atoms with van der Waals surface area (Å²) < 4.78 is 11.2. The highest BCUT2D eigenvalue weighted by Gasteiger charge is 2.11. The van der Waals surface area contributed by atoms with Gasteiger partial charge in [0.25, 0.3) is 0 Å². The van der Waals surface area contributed by atoms with Crippen LogP contribution in [-0.4, -0.2) is 13.0 Å². The first-order chi connectivity index (χ1) is 10.5. The van der Waals surface area contributed by atoms with Gasteiger partial charge in [0, 0.05) is 11.1 Å². The highest BCUT2D eigenvalue weighted by atomic mass is 16.5. The summed E-state index contributed by atoms with van der Waals surface area (Å²) in [5, 5.41) is 0. The lowest BCUT2D eigenvalue weighted by Gasteiger charge is -2.15. The standard InChI is InChI=1S/C18H21NO3/c1-12(2)15-6-4-5-7-17(15)22-11-14-10-13(18(19)20)8-9-16(14)21-3/h4-10,12H,11H2,1-3H3,(H2,19,20). The predicted octanol–water partition coefficient (Wildman–Crippen LogP) is 3.50. The van der Waals surface area contributed by atoms with Gasteiger partial charge in [0.2, 0.25) is 5.91 Å². The molecule has 0 radical (unpaired) electrons. The number of amides is 1. The highest BCUT2D eigenvalue weighted by molar-refractivity contribution is 5.93. The Kier molecular flexibility index (Phi) is 5.04. The predicted molar refractivity (Wildman–Crippen MR) is 86.4 cm³/mol. The Morgan fingerprint density at radius 3 is 2.50 bits per heavy atom. The van der Waals surface area contributed by atoms with Crippen molar-refractivity contribution in [3.63, 3.8) is 0 Å². The molecule has 22 heavy (non-hydrogen) atoms. The van der Waals surface area contributed by atoms with E-state index < -0.39 is 5.91 Å². The molecular formula is C18H21NO3. The van der Waals surface area contributed by atoms with Crippen LogP contribution in [0.1, 0.15) is 41.3 Å². The second-order valence-electron chi connectivity index (χ2n) is 5.37. The van der Waals surface area contributed by atoms with Gasteiger partial charge in [0.15, 0.2) is 0 Å². The van der Waals surface area contributed by atoms with E-state index in [9.17, 15) is 4.79 Å².